The van der Waals surface area contributed by atoms with E-state index in [1.807, 2.05) is 0 Å². The van der Waals surface area contributed by atoms with E-state index in [0.29, 0.717) is 17.0 Å². The van der Waals surface area contributed by atoms with Crippen LogP contribution in [0.15, 0.2) is 59.5 Å². The summed E-state index contributed by atoms with van der Waals surface area (Å²) in [5, 5.41) is -1.10. The van der Waals surface area contributed by atoms with Crippen LogP contribution in [0.2, 0.25) is 0 Å². The number of ether oxygens (including phenoxy) is 1. The van der Waals surface area contributed by atoms with Gasteiger partial charge in [-0.3, -0.25) is 4.79 Å². The maximum absolute atomic E-state index is 12.8. The van der Waals surface area contributed by atoms with Gasteiger partial charge in [0.2, 0.25) is 0 Å². The van der Waals surface area contributed by atoms with Crippen LogP contribution in [-0.4, -0.2) is 24.4 Å². The van der Waals surface area contributed by atoms with Crippen molar-refractivity contribution in [2.75, 3.05) is 0 Å². The largest absolute Gasteiger partial charge is 0.443 e. The second kappa shape index (κ2) is 9.41. The third kappa shape index (κ3) is 7.37. The zero-order valence-electron chi connectivity index (χ0n) is 15.2. The molecule has 0 saturated carbocycles. The van der Waals surface area contributed by atoms with Crippen LogP contribution in [-0.2, 0) is 15.7 Å². The Kier molecular flexibility index (Phi) is 7.56. The van der Waals surface area contributed by atoms with Crippen molar-refractivity contribution in [2.24, 2.45) is 0 Å². The van der Waals surface area contributed by atoms with E-state index >= 15 is 0 Å². The van der Waals surface area contributed by atoms with E-state index in [1.54, 1.807) is 30.3 Å². The molecule has 2 rings (SSSR count). The quantitative estimate of drug-likeness (QED) is 0.256. The van der Waals surface area contributed by atoms with Gasteiger partial charge < -0.3 is 4.74 Å². The van der Waals surface area contributed by atoms with Crippen molar-refractivity contribution in [1.82, 2.24) is 0 Å². The number of thioether (sulfide) groups is 1. The van der Waals surface area contributed by atoms with E-state index < -0.39 is 47.8 Å². The minimum atomic E-state index is -5.87. The summed E-state index contributed by atoms with van der Waals surface area (Å²) in [6.45, 7) is 0. The van der Waals surface area contributed by atoms with Crippen LogP contribution in [0.5, 0.6) is 0 Å². The monoisotopic (exact) mass is 476 g/mol. The maximum atomic E-state index is 12.8. The number of alkyl halides is 9. The molecule has 0 amide bonds. The van der Waals surface area contributed by atoms with E-state index in [9.17, 15) is 44.3 Å². The number of hydrogen-bond donors (Lipinski definition) is 0. The van der Waals surface area contributed by atoms with Gasteiger partial charge in [0.15, 0.2) is 0 Å². The van der Waals surface area contributed by atoms with E-state index in [-0.39, 0.29) is 5.56 Å². The van der Waals surface area contributed by atoms with Crippen molar-refractivity contribution in [1.29, 1.82) is 0 Å². The number of esters is 1. The lowest BCUT2D eigenvalue weighted by molar-refractivity contribution is -0.313. The topological polar surface area (TPSA) is 26.3 Å². The van der Waals surface area contributed by atoms with Crippen LogP contribution in [0.1, 0.15) is 22.8 Å². The molecular weight excluding hydrogens is 463 g/mol. The molecule has 2 nitrogen and oxygen atoms in total. The van der Waals surface area contributed by atoms with Gasteiger partial charge >= 0.3 is 24.5 Å². The summed E-state index contributed by atoms with van der Waals surface area (Å²) in [7, 11) is 0. The van der Waals surface area contributed by atoms with Gasteiger partial charge in [0.1, 0.15) is 0 Å². The van der Waals surface area contributed by atoms with Gasteiger partial charge in [0.25, 0.3) is 6.10 Å². The number of rotatable bonds is 6. The Morgan fingerprint density at radius 1 is 0.806 bits per heavy atom. The van der Waals surface area contributed by atoms with Gasteiger partial charge in [0, 0.05) is 10.1 Å². The molecule has 0 aliphatic heterocycles. The van der Waals surface area contributed by atoms with Crippen LogP contribution < -0.4 is 0 Å². The molecule has 31 heavy (non-hydrogen) atoms. The molecule has 0 N–H and O–H groups in total. The summed E-state index contributed by atoms with van der Waals surface area (Å²) in [4.78, 5) is 12.4. The molecule has 0 saturated heterocycles. The van der Waals surface area contributed by atoms with E-state index in [1.165, 1.54) is 0 Å². The number of halogens is 9. The van der Waals surface area contributed by atoms with Crippen molar-refractivity contribution in [3.8, 4) is 0 Å². The lowest BCUT2D eigenvalue weighted by Gasteiger charge is -2.24. The first-order valence-corrected chi connectivity index (χ1v) is 9.27. The highest BCUT2D eigenvalue weighted by Crippen LogP contribution is 2.41. The molecule has 12 heteroatoms. The smallest absolute Gasteiger partial charge is 0.434 e. The van der Waals surface area contributed by atoms with Gasteiger partial charge in [-0.1, -0.05) is 30.3 Å². The number of carbonyl (C=O) groups is 1. The molecule has 2 aromatic carbocycles. The maximum Gasteiger partial charge on any atom is 0.434 e. The molecule has 0 unspecified atom stereocenters. The molecule has 0 bridgehead atoms. The summed E-state index contributed by atoms with van der Waals surface area (Å²) >= 11 is 0.881. The van der Waals surface area contributed by atoms with E-state index in [4.69, 9.17) is 0 Å². The lowest BCUT2D eigenvalue weighted by atomic mass is 10.1. The van der Waals surface area contributed by atoms with Crippen LogP contribution in [0.3, 0.4) is 0 Å². The Balaban J connectivity index is 2.27. The second-order valence-corrected chi connectivity index (χ2v) is 7.47. The van der Waals surface area contributed by atoms with Crippen LogP contribution in [0.25, 0.3) is 0 Å². The molecule has 0 spiro atoms. The first-order valence-electron chi connectivity index (χ1n) is 8.39. The Bertz CT molecular complexity index is 845. The van der Waals surface area contributed by atoms with Crippen LogP contribution >= 0.6 is 11.8 Å². The number of carbonyl (C=O) groups excluding carboxylic acids is 1. The molecule has 0 radical (unpaired) electrons. The highest BCUT2D eigenvalue weighted by Gasteiger charge is 2.59. The predicted molar refractivity (Wildman–Crippen MR) is 93.1 cm³/mol. The Labute approximate surface area is 174 Å². The minimum Gasteiger partial charge on any atom is -0.443 e. The first kappa shape index (κ1) is 24.9. The summed E-state index contributed by atoms with van der Waals surface area (Å²) < 4.78 is 118. The predicted octanol–water partition coefficient (Wildman–Crippen LogP) is 6.97. The zero-order valence-corrected chi connectivity index (χ0v) is 16.0. The van der Waals surface area contributed by atoms with Crippen molar-refractivity contribution in [3.05, 3.63) is 65.7 Å². The fraction of sp³-hybridized carbons (Fsp3) is 0.316. The second-order valence-electron chi connectivity index (χ2n) is 6.20. The van der Waals surface area contributed by atoms with E-state index in [2.05, 4.69) is 4.74 Å². The zero-order chi connectivity index (χ0) is 23.4. The molecule has 2 aromatic rings. The van der Waals surface area contributed by atoms with E-state index in [0.717, 1.165) is 23.9 Å². The molecule has 170 valence electrons. The fourth-order valence-electron chi connectivity index (χ4n) is 2.43. The van der Waals surface area contributed by atoms with Crippen LogP contribution in [0, 0.1) is 0 Å². The standard InChI is InChI=1S/C19H13F9O2S/c20-17(21,22)12-8-6-11(7-9-12)14(31-13-4-2-1-3-5-13)10-15(29)30-16(18(23,24)25)19(26,27)28/h1-9,14,16H,10H2/t14-/m0/s1. The SMILES string of the molecule is O=C(C[C@H](Sc1ccccc1)c1ccc(C(F)(F)F)cc1)OC(C(F)(F)F)C(F)(F)F. The third-order valence-electron chi connectivity index (χ3n) is 3.83. The van der Waals surface area contributed by atoms with Crippen molar-refractivity contribution in [3.63, 3.8) is 0 Å². The summed E-state index contributed by atoms with van der Waals surface area (Å²) in [5.74, 6) is -1.80. The molecule has 0 aliphatic carbocycles. The van der Waals surface area contributed by atoms with Gasteiger partial charge in [-0.15, -0.1) is 11.8 Å². The van der Waals surface area contributed by atoms with Crippen molar-refractivity contribution in [2.45, 2.75) is 41.2 Å². The highest BCUT2D eigenvalue weighted by molar-refractivity contribution is 7.99. The third-order valence-corrected chi connectivity index (χ3v) is 5.09. The molecule has 0 fully saturated rings. The Hall–Kier alpha value is -2.37. The number of benzene rings is 2. The Morgan fingerprint density at radius 2 is 1.32 bits per heavy atom. The van der Waals surface area contributed by atoms with Gasteiger partial charge in [0.05, 0.1) is 12.0 Å². The molecule has 0 heterocycles. The summed E-state index contributed by atoms with van der Waals surface area (Å²) in [6.07, 6.45) is -21.6. The molecule has 0 aromatic heterocycles. The van der Waals surface area contributed by atoms with Gasteiger partial charge in [-0.25, -0.2) is 0 Å². The normalized spacial score (nSPS) is 13.9. The molecule has 1 atom stereocenters. The summed E-state index contributed by atoms with van der Waals surface area (Å²) in [5.41, 5.74) is -0.911. The average Bonchev–Trinajstić information content (AvgIpc) is 2.64. The van der Waals surface area contributed by atoms with Gasteiger partial charge in [-0.05, 0) is 29.8 Å². The number of hydrogen-bond acceptors (Lipinski definition) is 3. The summed E-state index contributed by atoms with van der Waals surface area (Å²) in [6, 6.07) is 11.3. The van der Waals surface area contributed by atoms with Crippen molar-refractivity contribution >= 4 is 17.7 Å². The highest BCUT2D eigenvalue weighted by atomic mass is 32.2. The lowest BCUT2D eigenvalue weighted by Crippen LogP contribution is -2.45. The minimum absolute atomic E-state index is 0.0920. The van der Waals surface area contributed by atoms with Gasteiger partial charge in [-0.2, -0.15) is 39.5 Å². The Morgan fingerprint density at radius 3 is 1.77 bits per heavy atom. The van der Waals surface area contributed by atoms with Crippen molar-refractivity contribution < 1.29 is 49.0 Å². The average molecular weight is 476 g/mol. The molecule has 0 aliphatic rings. The first-order chi connectivity index (χ1) is 14.2. The fourth-order valence-corrected chi connectivity index (χ4v) is 3.58. The molecular formula is C19H13F9O2S. The van der Waals surface area contributed by atoms with Crippen LogP contribution in [0.4, 0.5) is 39.5 Å².